The molecular weight excluding hydrogens is 285 g/mol. The molecule has 0 saturated carbocycles. The lowest BCUT2D eigenvalue weighted by molar-refractivity contribution is -0.212. The summed E-state index contributed by atoms with van der Waals surface area (Å²) in [6.07, 6.45) is -2.48. The highest BCUT2D eigenvalue weighted by molar-refractivity contribution is 6.52. The van der Waals surface area contributed by atoms with E-state index in [1.807, 2.05) is 0 Å². The van der Waals surface area contributed by atoms with Crippen molar-refractivity contribution in [1.82, 2.24) is 0 Å². The summed E-state index contributed by atoms with van der Waals surface area (Å²) in [7, 11) is 0. The SMILES string of the molecule is CC(O)OCOC(O)CN1C(=O)C(=O)c2cc(F)ccc21. The minimum Gasteiger partial charge on any atom is -0.368 e. The topological polar surface area (TPSA) is 96.3 Å². The van der Waals surface area contributed by atoms with Crippen LogP contribution in [-0.4, -0.2) is 47.8 Å². The van der Waals surface area contributed by atoms with Gasteiger partial charge in [-0.05, 0) is 25.1 Å². The lowest BCUT2D eigenvalue weighted by Crippen LogP contribution is -2.38. The molecule has 2 unspecified atom stereocenters. The summed E-state index contributed by atoms with van der Waals surface area (Å²) in [5.74, 6) is -2.33. The van der Waals surface area contributed by atoms with E-state index < -0.39 is 30.1 Å². The van der Waals surface area contributed by atoms with Gasteiger partial charge in [-0.3, -0.25) is 14.5 Å². The standard InChI is InChI=1S/C13H14FNO6/c1-7(16)20-6-21-11(17)5-15-10-3-2-8(14)4-9(10)12(18)13(15)19/h2-4,7,11,16-17H,5-6H2,1H3. The number of anilines is 1. The highest BCUT2D eigenvalue weighted by Gasteiger charge is 2.37. The number of hydrogen-bond acceptors (Lipinski definition) is 6. The number of benzene rings is 1. The molecule has 1 aliphatic rings. The normalized spacial score (nSPS) is 17.0. The van der Waals surface area contributed by atoms with E-state index in [9.17, 15) is 19.1 Å². The van der Waals surface area contributed by atoms with E-state index in [1.54, 1.807) is 0 Å². The Morgan fingerprint density at radius 2 is 2.00 bits per heavy atom. The fraction of sp³-hybridized carbons (Fsp3) is 0.385. The summed E-state index contributed by atoms with van der Waals surface area (Å²) in [6, 6.07) is 3.37. The zero-order chi connectivity index (χ0) is 15.6. The van der Waals surface area contributed by atoms with Crippen molar-refractivity contribution in [3.8, 4) is 0 Å². The molecule has 0 bridgehead atoms. The number of β-amino-alcohol motifs (C(OH)–C–C–N with tert-alkyl or cyclic N) is 1. The van der Waals surface area contributed by atoms with Crippen LogP contribution >= 0.6 is 0 Å². The lowest BCUT2D eigenvalue weighted by Gasteiger charge is -2.20. The number of aliphatic hydroxyl groups excluding tert-OH is 2. The number of rotatable bonds is 6. The third kappa shape index (κ3) is 3.42. The first-order valence-electron chi connectivity index (χ1n) is 6.15. The minimum atomic E-state index is -1.42. The van der Waals surface area contributed by atoms with E-state index in [2.05, 4.69) is 4.74 Å². The summed E-state index contributed by atoms with van der Waals surface area (Å²) in [4.78, 5) is 24.5. The summed E-state index contributed by atoms with van der Waals surface area (Å²) in [5.41, 5.74) is 0.165. The Balaban J connectivity index is 2.04. The number of amides is 1. The Hall–Kier alpha value is -1.87. The van der Waals surface area contributed by atoms with Crippen LogP contribution in [0.1, 0.15) is 17.3 Å². The second kappa shape index (κ2) is 6.27. The molecule has 2 rings (SSSR count). The first-order chi connectivity index (χ1) is 9.90. The van der Waals surface area contributed by atoms with Crippen LogP contribution < -0.4 is 4.90 Å². The molecular formula is C13H14FNO6. The molecule has 21 heavy (non-hydrogen) atoms. The molecule has 0 spiro atoms. The van der Waals surface area contributed by atoms with Crippen LogP contribution in [0.5, 0.6) is 0 Å². The molecule has 0 radical (unpaired) electrons. The number of nitrogens with zero attached hydrogens (tertiary/aromatic N) is 1. The summed E-state index contributed by atoms with van der Waals surface area (Å²) in [6.45, 7) is 0.667. The van der Waals surface area contributed by atoms with E-state index in [0.29, 0.717) is 0 Å². The zero-order valence-corrected chi connectivity index (χ0v) is 11.2. The Labute approximate surface area is 119 Å². The number of Topliss-reactive ketones (excluding diaryl/α,β-unsaturated/α-hetero) is 1. The first kappa shape index (κ1) is 15.5. The monoisotopic (exact) mass is 299 g/mol. The summed E-state index contributed by atoms with van der Waals surface area (Å²) < 4.78 is 22.6. The molecule has 8 heteroatoms. The number of halogens is 1. The summed E-state index contributed by atoms with van der Waals surface area (Å²) >= 11 is 0. The van der Waals surface area contributed by atoms with Gasteiger partial charge >= 0.3 is 0 Å². The number of aliphatic hydroxyl groups is 2. The van der Waals surface area contributed by atoms with Crippen LogP contribution in [0, 0.1) is 5.82 Å². The van der Waals surface area contributed by atoms with Crippen molar-refractivity contribution in [3.05, 3.63) is 29.6 Å². The molecule has 1 aromatic carbocycles. The molecule has 0 aromatic heterocycles. The van der Waals surface area contributed by atoms with Gasteiger partial charge in [-0.1, -0.05) is 0 Å². The van der Waals surface area contributed by atoms with Gasteiger partial charge in [0.15, 0.2) is 19.4 Å². The Kier molecular flexibility index (Phi) is 4.63. The fourth-order valence-electron chi connectivity index (χ4n) is 1.88. The smallest absolute Gasteiger partial charge is 0.299 e. The number of carbonyl (C=O) groups excluding carboxylic acids is 2. The van der Waals surface area contributed by atoms with E-state index in [4.69, 9.17) is 9.84 Å². The molecule has 2 N–H and O–H groups in total. The van der Waals surface area contributed by atoms with Gasteiger partial charge in [0.2, 0.25) is 0 Å². The van der Waals surface area contributed by atoms with Crippen LogP contribution in [0.4, 0.5) is 10.1 Å². The average molecular weight is 299 g/mol. The van der Waals surface area contributed by atoms with Gasteiger partial charge in [-0.2, -0.15) is 0 Å². The van der Waals surface area contributed by atoms with E-state index in [1.165, 1.54) is 13.0 Å². The summed E-state index contributed by atoms with van der Waals surface area (Å²) in [5, 5.41) is 18.5. The third-order valence-electron chi connectivity index (χ3n) is 2.84. The number of fused-ring (bicyclic) bond motifs is 1. The molecule has 2 atom stereocenters. The lowest BCUT2D eigenvalue weighted by atomic mass is 10.1. The molecule has 1 aliphatic heterocycles. The predicted molar refractivity (Wildman–Crippen MR) is 67.8 cm³/mol. The second-order valence-corrected chi connectivity index (χ2v) is 4.41. The number of hydrogen-bond donors (Lipinski definition) is 2. The predicted octanol–water partition coefficient (Wildman–Crippen LogP) is 0.00240. The average Bonchev–Trinajstić information content (AvgIpc) is 2.63. The van der Waals surface area contributed by atoms with Gasteiger partial charge < -0.3 is 19.7 Å². The number of carbonyl (C=O) groups is 2. The highest BCUT2D eigenvalue weighted by Crippen LogP contribution is 2.29. The van der Waals surface area contributed by atoms with Crippen molar-refractivity contribution in [3.63, 3.8) is 0 Å². The van der Waals surface area contributed by atoms with E-state index >= 15 is 0 Å². The van der Waals surface area contributed by atoms with Gasteiger partial charge in [0, 0.05) is 0 Å². The molecule has 114 valence electrons. The molecule has 1 amide bonds. The van der Waals surface area contributed by atoms with Crippen molar-refractivity contribution in [1.29, 1.82) is 0 Å². The van der Waals surface area contributed by atoms with Crippen molar-refractivity contribution in [2.45, 2.75) is 19.5 Å². The van der Waals surface area contributed by atoms with Crippen LogP contribution in [0.2, 0.25) is 0 Å². The Morgan fingerprint density at radius 3 is 2.67 bits per heavy atom. The second-order valence-electron chi connectivity index (χ2n) is 4.41. The van der Waals surface area contributed by atoms with Gasteiger partial charge in [0.05, 0.1) is 17.8 Å². The van der Waals surface area contributed by atoms with Crippen LogP contribution in [0.25, 0.3) is 0 Å². The van der Waals surface area contributed by atoms with E-state index in [-0.39, 0.29) is 24.6 Å². The fourth-order valence-corrected chi connectivity index (χ4v) is 1.88. The molecule has 7 nitrogen and oxygen atoms in total. The quantitative estimate of drug-likeness (QED) is 0.567. The third-order valence-corrected chi connectivity index (χ3v) is 2.84. The largest absolute Gasteiger partial charge is 0.368 e. The zero-order valence-electron chi connectivity index (χ0n) is 11.2. The van der Waals surface area contributed by atoms with Gasteiger partial charge in [-0.15, -0.1) is 0 Å². The van der Waals surface area contributed by atoms with Gasteiger partial charge in [-0.25, -0.2) is 4.39 Å². The van der Waals surface area contributed by atoms with E-state index in [0.717, 1.165) is 17.0 Å². The number of ether oxygens (including phenoxy) is 2. The molecule has 0 saturated heterocycles. The van der Waals surface area contributed by atoms with Crippen molar-refractivity contribution >= 4 is 17.4 Å². The van der Waals surface area contributed by atoms with Crippen molar-refractivity contribution in [2.75, 3.05) is 18.2 Å². The van der Waals surface area contributed by atoms with Crippen LogP contribution in [0.3, 0.4) is 0 Å². The van der Waals surface area contributed by atoms with Crippen molar-refractivity contribution < 1.29 is 33.7 Å². The maximum Gasteiger partial charge on any atom is 0.299 e. The molecule has 0 fully saturated rings. The first-order valence-corrected chi connectivity index (χ1v) is 6.15. The highest BCUT2D eigenvalue weighted by atomic mass is 19.1. The van der Waals surface area contributed by atoms with Crippen LogP contribution in [0.15, 0.2) is 18.2 Å². The molecule has 0 aliphatic carbocycles. The van der Waals surface area contributed by atoms with Crippen molar-refractivity contribution in [2.24, 2.45) is 0 Å². The number of ketones is 1. The Morgan fingerprint density at radius 1 is 1.29 bits per heavy atom. The minimum absolute atomic E-state index is 0.0487. The maximum absolute atomic E-state index is 13.1. The molecule has 1 aromatic rings. The van der Waals surface area contributed by atoms with Gasteiger partial charge in [0.1, 0.15) is 5.82 Å². The maximum atomic E-state index is 13.1. The van der Waals surface area contributed by atoms with Crippen LogP contribution in [-0.2, 0) is 14.3 Å². The van der Waals surface area contributed by atoms with Gasteiger partial charge in [0.25, 0.3) is 11.7 Å². The Bertz CT molecular complexity index is 562. The molecule has 1 heterocycles.